The lowest BCUT2D eigenvalue weighted by Gasteiger charge is -2.21. The van der Waals surface area contributed by atoms with E-state index in [0.717, 1.165) is 12.0 Å². The van der Waals surface area contributed by atoms with Gasteiger partial charge in [0.05, 0.1) is 36.6 Å². The van der Waals surface area contributed by atoms with Gasteiger partial charge in [-0.05, 0) is 30.5 Å². The highest BCUT2D eigenvalue weighted by Gasteiger charge is 2.28. The Kier molecular flexibility index (Phi) is 7.14. The van der Waals surface area contributed by atoms with Crippen molar-refractivity contribution in [2.75, 3.05) is 6.61 Å². The van der Waals surface area contributed by atoms with Crippen LogP contribution in [0.2, 0.25) is 0 Å². The Labute approximate surface area is 193 Å². The molecule has 0 unspecified atom stereocenters. The molecule has 33 heavy (non-hydrogen) atoms. The van der Waals surface area contributed by atoms with Crippen LogP contribution in [0.15, 0.2) is 54.9 Å². The Morgan fingerprint density at radius 1 is 1.00 bits per heavy atom. The highest BCUT2D eigenvalue weighted by Crippen LogP contribution is 2.24. The van der Waals surface area contributed by atoms with Crippen LogP contribution in [-0.2, 0) is 17.9 Å². The number of amides is 2. The summed E-state index contributed by atoms with van der Waals surface area (Å²) in [5, 5.41) is 6.14. The van der Waals surface area contributed by atoms with Crippen molar-refractivity contribution < 1.29 is 14.3 Å². The van der Waals surface area contributed by atoms with Crippen molar-refractivity contribution in [3.63, 3.8) is 0 Å². The number of aromatic nitrogens is 3. The number of nitrogens with zero attached hydrogens (tertiary/aromatic N) is 3. The maximum absolute atomic E-state index is 13.3. The minimum Gasteiger partial charge on any atom is -0.373 e. The number of fused-ring (bicyclic) bond motifs is 1. The van der Waals surface area contributed by atoms with Crippen LogP contribution in [0, 0.1) is 0 Å². The summed E-state index contributed by atoms with van der Waals surface area (Å²) in [7, 11) is 0. The third-order valence-electron chi connectivity index (χ3n) is 5.91. The summed E-state index contributed by atoms with van der Waals surface area (Å²) in [6.45, 7) is 5.30. The molecule has 2 N–H and O–H groups in total. The molecule has 0 fully saturated rings. The molecule has 2 aromatic heterocycles. The van der Waals surface area contributed by atoms with Gasteiger partial charge in [0.15, 0.2) is 0 Å². The lowest BCUT2D eigenvalue weighted by molar-refractivity contribution is 0.0773. The molecule has 0 radical (unpaired) electrons. The van der Waals surface area contributed by atoms with Crippen LogP contribution in [0.4, 0.5) is 0 Å². The summed E-state index contributed by atoms with van der Waals surface area (Å²) in [6.07, 6.45) is 4.72. The summed E-state index contributed by atoms with van der Waals surface area (Å²) < 4.78 is 7.50. The van der Waals surface area contributed by atoms with Gasteiger partial charge in [0.1, 0.15) is 11.5 Å². The predicted octanol–water partition coefficient (Wildman–Crippen LogP) is 3.57. The van der Waals surface area contributed by atoms with Crippen molar-refractivity contribution in [3.05, 3.63) is 83.2 Å². The third kappa shape index (κ3) is 4.96. The molecule has 0 aliphatic carbocycles. The maximum Gasteiger partial charge on any atom is 0.268 e. The Morgan fingerprint density at radius 3 is 2.39 bits per heavy atom. The lowest BCUT2D eigenvalue weighted by atomic mass is 10.0. The van der Waals surface area contributed by atoms with Crippen molar-refractivity contribution in [2.45, 2.75) is 51.9 Å². The van der Waals surface area contributed by atoms with Crippen LogP contribution in [0.25, 0.3) is 0 Å². The Bertz CT molecular complexity index is 1010. The third-order valence-corrected chi connectivity index (χ3v) is 5.91. The second-order valence-electron chi connectivity index (χ2n) is 7.98. The van der Waals surface area contributed by atoms with Crippen molar-refractivity contribution in [1.29, 1.82) is 0 Å². The number of carbonyl (C=O) groups excluding carboxylic acids is 2. The summed E-state index contributed by atoms with van der Waals surface area (Å²) in [6, 6.07) is 12.9. The molecule has 8 heteroatoms. The average Bonchev–Trinajstić information content (AvgIpc) is 3.26. The van der Waals surface area contributed by atoms with Crippen LogP contribution < -0.4 is 10.6 Å². The molecule has 0 saturated carbocycles. The van der Waals surface area contributed by atoms with Gasteiger partial charge in [-0.25, -0.2) is 9.97 Å². The number of hydrogen-bond acceptors (Lipinski definition) is 5. The van der Waals surface area contributed by atoms with Crippen molar-refractivity contribution in [2.24, 2.45) is 0 Å². The van der Waals surface area contributed by atoms with Gasteiger partial charge in [0, 0.05) is 18.9 Å². The zero-order chi connectivity index (χ0) is 23.2. The van der Waals surface area contributed by atoms with Gasteiger partial charge >= 0.3 is 0 Å². The Hall–Kier alpha value is -3.52. The number of rotatable bonds is 8. The SMILES string of the molecule is CC[C@H](NC(=O)c1cc(C(=O)N[C@@H](CC)c2ncccn2)c2n1CCOC2)c1ccccc1. The number of nitrogens with one attached hydrogen (secondary N) is 2. The van der Waals surface area contributed by atoms with Gasteiger partial charge in [-0.3, -0.25) is 9.59 Å². The van der Waals surface area contributed by atoms with Gasteiger partial charge in [0.25, 0.3) is 11.8 Å². The van der Waals surface area contributed by atoms with E-state index in [4.69, 9.17) is 4.74 Å². The second-order valence-corrected chi connectivity index (χ2v) is 7.98. The lowest BCUT2D eigenvalue weighted by Crippen LogP contribution is -2.31. The normalized spacial score (nSPS) is 14.7. The first-order chi connectivity index (χ1) is 16.1. The molecule has 2 amide bonds. The average molecular weight is 448 g/mol. The quantitative estimate of drug-likeness (QED) is 0.550. The summed E-state index contributed by atoms with van der Waals surface area (Å²) >= 11 is 0. The standard InChI is InChI=1S/C25H29N5O3/c1-3-19(17-9-6-5-7-10-17)28-25(32)21-15-18(22-16-33-14-13-30(21)22)24(31)29-20(4-2)23-26-11-8-12-27-23/h5-12,15,19-20H,3-4,13-14,16H2,1-2H3,(H,28,32)(H,29,31)/t19-,20-/m0/s1. The first-order valence-electron chi connectivity index (χ1n) is 11.4. The fourth-order valence-corrected chi connectivity index (χ4v) is 4.12. The molecule has 4 rings (SSSR count). The summed E-state index contributed by atoms with van der Waals surface area (Å²) in [5.41, 5.74) is 2.67. The van der Waals surface area contributed by atoms with Gasteiger partial charge < -0.3 is 19.9 Å². The summed E-state index contributed by atoms with van der Waals surface area (Å²) in [5.74, 6) is 0.0910. The van der Waals surface area contributed by atoms with Crippen LogP contribution in [0.3, 0.4) is 0 Å². The van der Waals surface area contributed by atoms with Crippen LogP contribution >= 0.6 is 0 Å². The van der Waals surface area contributed by atoms with E-state index in [1.165, 1.54) is 0 Å². The topological polar surface area (TPSA) is 98.1 Å². The molecule has 1 aliphatic rings. The predicted molar refractivity (Wildman–Crippen MR) is 124 cm³/mol. The van der Waals surface area contributed by atoms with E-state index in [2.05, 4.69) is 20.6 Å². The molecular formula is C25H29N5O3. The van der Waals surface area contributed by atoms with E-state index in [9.17, 15) is 9.59 Å². The van der Waals surface area contributed by atoms with Gasteiger partial charge in [-0.15, -0.1) is 0 Å². The molecule has 172 valence electrons. The molecular weight excluding hydrogens is 418 g/mol. The molecule has 8 nitrogen and oxygen atoms in total. The second kappa shape index (κ2) is 10.4. The molecule has 0 spiro atoms. The smallest absolute Gasteiger partial charge is 0.268 e. The molecule has 0 bridgehead atoms. The number of benzene rings is 1. The minimum absolute atomic E-state index is 0.110. The number of carbonyl (C=O) groups is 2. The van der Waals surface area contributed by atoms with Crippen LogP contribution in [0.5, 0.6) is 0 Å². The van der Waals surface area contributed by atoms with Crippen molar-refractivity contribution in [1.82, 2.24) is 25.2 Å². The summed E-state index contributed by atoms with van der Waals surface area (Å²) in [4.78, 5) is 35.0. The molecule has 3 heterocycles. The van der Waals surface area contributed by atoms with Crippen molar-refractivity contribution >= 4 is 11.8 Å². The van der Waals surface area contributed by atoms with Gasteiger partial charge in [-0.1, -0.05) is 44.2 Å². The molecule has 0 saturated heterocycles. The monoisotopic (exact) mass is 447 g/mol. The number of hydrogen-bond donors (Lipinski definition) is 2. The fourth-order valence-electron chi connectivity index (χ4n) is 4.12. The highest BCUT2D eigenvalue weighted by atomic mass is 16.5. The van der Waals surface area contributed by atoms with Crippen molar-refractivity contribution in [3.8, 4) is 0 Å². The van der Waals surface area contributed by atoms with E-state index >= 15 is 0 Å². The van der Waals surface area contributed by atoms with E-state index in [-0.39, 0.29) is 30.5 Å². The van der Waals surface area contributed by atoms with E-state index in [1.807, 2.05) is 48.7 Å². The first kappa shape index (κ1) is 22.7. The number of ether oxygens (including phenoxy) is 1. The van der Waals surface area contributed by atoms with Crippen LogP contribution in [-0.4, -0.2) is 33.0 Å². The fraction of sp³-hybridized carbons (Fsp3) is 0.360. The van der Waals surface area contributed by atoms with E-state index in [1.54, 1.807) is 24.5 Å². The largest absolute Gasteiger partial charge is 0.373 e. The van der Waals surface area contributed by atoms with Gasteiger partial charge in [0.2, 0.25) is 0 Å². The molecule has 2 atom stereocenters. The highest BCUT2D eigenvalue weighted by molar-refractivity contribution is 6.01. The van der Waals surface area contributed by atoms with Crippen LogP contribution in [0.1, 0.15) is 76.7 Å². The van der Waals surface area contributed by atoms with E-state index < -0.39 is 0 Å². The first-order valence-corrected chi connectivity index (χ1v) is 11.4. The minimum atomic E-state index is -0.321. The maximum atomic E-state index is 13.3. The Morgan fingerprint density at radius 2 is 1.70 bits per heavy atom. The van der Waals surface area contributed by atoms with E-state index in [0.29, 0.717) is 42.3 Å². The zero-order valence-electron chi connectivity index (χ0n) is 19.0. The molecule has 3 aromatic rings. The Balaban J connectivity index is 1.58. The molecule has 1 aliphatic heterocycles. The van der Waals surface area contributed by atoms with Gasteiger partial charge in [-0.2, -0.15) is 0 Å². The molecule has 1 aromatic carbocycles. The zero-order valence-corrected chi connectivity index (χ0v) is 19.0.